The van der Waals surface area contributed by atoms with Gasteiger partial charge in [0.1, 0.15) is 0 Å². The Labute approximate surface area is 101 Å². The molecule has 5 heteroatoms. The van der Waals surface area contributed by atoms with Crippen LogP contribution in [0, 0.1) is 0 Å². The van der Waals surface area contributed by atoms with Crippen LogP contribution < -0.4 is 10.5 Å². The van der Waals surface area contributed by atoms with Crippen LogP contribution in [0.4, 0.5) is 5.82 Å². The Morgan fingerprint density at radius 2 is 2.12 bits per heavy atom. The minimum atomic E-state index is -0.602. The fourth-order valence-electron chi connectivity index (χ4n) is 2.10. The zero-order chi connectivity index (χ0) is 12.5. The Hall–Kier alpha value is -1.36. The highest BCUT2D eigenvalue weighted by atomic mass is 16.3. The molecular weight excluding hydrogens is 218 g/mol. The lowest BCUT2D eigenvalue weighted by Crippen LogP contribution is -2.45. The predicted molar refractivity (Wildman–Crippen MR) is 66.2 cm³/mol. The molecule has 0 atom stereocenters. The van der Waals surface area contributed by atoms with Crippen molar-refractivity contribution in [2.24, 2.45) is 0 Å². The highest BCUT2D eigenvalue weighted by molar-refractivity contribution is 5.36. The van der Waals surface area contributed by atoms with Gasteiger partial charge in [-0.15, -0.1) is 0 Å². The number of aliphatic hydroxyl groups is 1. The minimum absolute atomic E-state index is 0.0449. The van der Waals surface area contributed by atoms with Crippen molar-refractivity contribution >= 4 is 5.82 Å². The predicted octanol–water partition coefficient (Wildman–Crippen LogP) is 0.614. The van der Waals surface area contributed by atoms with Crippen molar-refractivity contribution in [3.8, 4) is 0 Å². The molecule has 1 aliphatic rings. The van der Waals surface area contributed by atoms with Gasteiger partial charge in [-0.25, -0.2) is 4.98 Å². The summed E-state index contributed by atoms with van der Waals surface area (Å²) in [7, 11) is 0. The Morgan fingerprint density at radius 1 is 1.47 bits per heavy atom. The molecule has 0 aliphatic carbocycles. The van der Waals surface area contributed by atoms with E-state index in [1.54, 1.807) is 17.0 Å². The monoisotopic (exact) mass is 237 g/mol. The topological polar surface area (TPSA) is 58.4 Å². The summed E-state index contributed by atoms with van der Waals surface area (Å²) >= 11 is 0. The van der Waals surface area contributed by atoms with Crippen LogP contribution in [-0.2, 0) is 6.54 Å². The summed E-state index contributed by atoms with van der Waals surface area (Å²) in [5.41, 5.74) is -0.647. The second-order valence-corrected chi connectivity index (χ2v) is 4.83. The van der Waals surface area contributed by atoms with Crippen molar-refractivity contribution in [3.63, 3.8) is 0 Å². The van der Waals surface area contributed by atoms with E-state index in [0.717, 1.165) is 0 Å². The van der Waals surface area contributed by atoms with Crippen molar-refractivity contribution in [1.82, 2.24) is 9.55 Å². The van der Waals surface area contributed by atoms with E-state index in [0.29, 0.717) is 38.3 Å². The molecule has 94 valence electrons. The number of aromatic nitrogens is 2. The third-order valence-corrected chi connectivity index (χ3v) is 3.38. The van der Waals surface area contributed by atoms with Gasteiger partial charge in [-0.1, -0.05) is 0 Å². The molecular formula is C12H19N3O2. The molecule has 0 bridgehead atoms. The summed E-state index contributed by atoms with van der Waals surface area (Å²) in [5.74, 6) is 0.504. The first kappa shape index (κ1) is 12.1. The van der Waals surface area contributed by atoms with Gasteiger partial charge in [0.25, 0.3) is 5.56 Å². The number of nitrogens with zero attached hydrogens (tertiary/aromatic N) is 3. The van der Waals surface area contributed by atoms with E-state index in [9.17, 15) is 9.90 Å². The first-order chi connectivity index (χ1) is 8.03. The molecule has 2 heterocycles. The Bertz CT molecular complexity index is 443. The SMILES string of the molecule is CCn1ccnc(N2CCC(C)(O)CC2)c1=O. The summed E-state index contributed by atoms with van der Waals surface area (Å²) in [6.07, 6.45) is 4.71. The molecule has 5 nitrogen and oxygen atoms in total. The summed E-state index contributed by atoms with van der Waals surface area (Å²) in [4.78, 5) is 18.2. The fraction of sp³-hybridized carbons (Fsp3) is 0.667. The van der Waals surface area contributed by atoms with Crippen LogP contribution in [0.3, 0.4) is 0 Å². The number of piperidine rings is 1. The van der Waals surface area contributed by atoms with E-state index >= 15 is 0 Å². The van der Waals surface area contributed by atoms with Gasteiger partial charge < -0.3 is 14.6 Å². The smallest absolute Gasteiger partial charge is 0.293 e. The van der Waals surface area contributed by atoms with Crippen LogP contribution >= 0.6 is 0 Å². The van der Waals surface area contributed by atoms with Crippen LogP contribution in [0.2, 0.25) is 0 Å². The molecule has 1 aromatic rings. The number of rotatable bonds is 2. The maximum Gasteiger partial charge on any atom is 0.293 e. The summed E-state index contributed by atoms with van der Waals surface area (Å²) < 4.78 is 1.65. The average molecular weight is 237 g/mol. The molecule has 0 unspecified atom stereocenters. The standard InChI is InChI=1S/C12H19N3O2/c1-3-14-9-6-13-10(11(14)16)15-7-4-12(2,17)5-8-15/h6,9,17H,3-5,7-8H2,1-2H3. The second-order valence-electron chi connectivity index (χ2n) is 4.83. The Morgan fingerprint density at radius 3 is 2.71 bits per heavy atom. The molecule has 1 aromatic heterocycles. The van der Waals surface area contributed by atoms with Gasteiger partial charge in [0.15, 0.2) is 5.82 Å². The van der Waals surface area contributed by atoms with Gasteiger partial charge in [-0.3, -0.25) is 4.79 Å². The lowest BCUT2D eigenvalue weighted by molar-refractivity contribution is 0.0349. The van der Waals surface area contributed by atoms with Gasteiger partial charge >= 0.3 is 0 Å². The summed E-state index contributed by atoms with van der Waals surface area (Å²) in [6.45, 7) is 5.80. The Kier molecular flexibility index (Phi) is 3.19. The second kappa shape index (κ2) is 4.49. The third kappa shape index (κ3) is 2.49. The van der Waals surface area contributed by atoms with Crippen LogP contribution in [-0.4, -0.2) is 33.3 Å². The number of hydrogen-bond donors (Lipinski definition) is 1. The number of hydrogen-bond acceptors (Lipinski definition) is 4. The van der Waals surface area contributed by atoms with Gasteiger partial charge in [-0.05, 0) is 26.7 Å². The number of aryl methyl sites for hydroxylation is 1. The largest absolute Gasteiger partial charge is 0.390 e. The van der Waals surface area contributed by atoms with Crippen molar-refractivity contribution < 1.29 is 5.11 Å². The van der Waals surface area contributed by atoms with Gasteiger partial charge in [0, 0.05) is 32.0 Å². The van der Waals surface area contributed by atoms with Crippen molar-refractivity contribution in [2.45, 2.75) is 38.8 Å². The Balaban J connectivity index is 2.22. The zero-order valence-electron chi connectivity index (χ0n) is 10.4. The molecule has 1 N–H and O–H groups in total. The quantitative estimate of drug-likeness (QED) is 0.819. The zero-order valence-corrected chi connectivity index (χ0v) is 10.4. The van der Waals surface area contributed by atoms with Gasteiger partial charge in [0.05, 0.1) is 5.60 Å². The molecule has 0 aromatic carbocycles. The van der Waals surface area contributed by atoms with E-state index in [4.69, 9.17) is 0 Å². The molecule has 0 amide bonds. The number of anilines is 1. The summed E-state index contributed by atoms with van der Waals surface area (Å²) in [5, 5.41) is 9.88. The fourth-order valence-corrected chi connectivity index (χ4v) is 2.10. The van der Waals surface area contributed by atoms with E-state index in [1.807, 2.05) is 18.7 Å². The third-order valence-electron chi connectivity index (χ3n) is 3.38. The molecule has 2 rings (SSSR count). The highest BCUT2D eigenvalue weighted by Gasteiger charge is 2.28. The highest BCUT2D eigenvalue weighted by Crippen LogP contribution is 2.22. The minimum Gasteiger partial charge on any atom is -0.390 e. The van der Waals surface area contributed by atoms with E-state index in [-0.39, 0.29) is 5.56 Å². The van der Waals surface area contributed by atoms with Crippen LogP contribution in [0.1, 0.15) is 26.7 Å². The lowest BCUT2D eigenvalue weighted by Gasteiger charge is -2.36. The molecule has 1 aliphatic heterocycles. The summed E-state index contributed by atoms with van der Waals surface area (Å²) in [6, 6.07) is 0. The lowest BCUT2D eigenvalue weighted by atomic mass is 9.94. The van der Waals surface area contributed by atoms with Crippen molar-refractivity contribution in [1.29, 1.82) is 0 Å². The van der Waals surface area contributed by atoms with E-state index < -0.39 is 5.60 Å². The van der Waals surface area contributed by atoms with Crippen LogP contribution in [0.5, 0.6) is 0 Å². The normalized spacial score (nSPS) is 19.4. The maximum atomic E-state index is 12.1. The first-order valence-corrected chi connectivity index (χ1v) is 6.06. The average Bonchev–Trinajstić information content (AvgIpc) is 2.30. The maximum absolute atomic E-state index is 12.1. The van der Waals surface area contributed by atoms with Crippen LogP contribution in [0.15, 0.2) is 17.2 Å². The molecule has 0 saturated carbocycles. The molecule has 0 radical (unpaired) electrons. The van der Waals surface area contributed by atoms with Gasteiger partial charge in [-0.2, -0.15) is 0 Å². The van der Waals surface area contributed by atoms with E-state index in [2.05, 4.69) is 4.98 Å². The first-order valence-electron chi connectivity index (χ1n) is 6.06. The molecule has 0 spiro atoms. The molecule has 1 saturated heterocycles. The molecule has 1 fully saturated rings. The van der Waals surface area contributed by atoms with Crippen molar-refractivity contribution in [3.05, 3.63) is 22.7 Å². The van der Waals surface area contributed by atoms with Gasteiger partial charge in [0.2, 0.25) is 0 Å². The molecule has 17 heavy (non-hydrogen) atoms. The van der Waals surface area contributed by atoms with Crippen molar-refractivity contribution in [2.75, 3.05) is 18.0 Å². The van der Waals surface area contributed by atoms with Crippen LogP contribution in [0.25, 0.3) is 0 Å². The van der Waals surface area contributed by atoms with E-state index in [1.165, 1.54) is 0 Å².